The van der Waals surface area contributed by atoms with Gasteiger partial charge in [-0.25, -0.2) is 4.39 Å². The molecule has 1 atom stereocenters. The van der Waals surface area contributed by atoms with Gasteiger partial charge in [-0.3, -0.25) is 4.68 Å². The molecular formula is C15H19FN2. The van der Waals surface area contributed by atoms with Crippen LogP contribution in [0.15, 0.2) is 36.4 Å². The normalized spacial score (nSPS) is 12.4. The van der Waals surface area contributed by atoms with Crippen LogP contribution in [-0.2, 0) is 6.42 Å². The second kappa shape index (κ2) is 5.25. The number of rotatable bonds is 4. The van der Waals surface area contributed by atoms with Crippen LogP contribution in [0.2, 0.25) is 0 Å². The number of hydrogen-bond acceptors (Lipinski definition) is 1. The summed E-state index contributed by atoms with van der Waals surface area (Å²) in [6.07, 6.45) is 0.670. The maximum absolute atomic E-state index is 13.6. The number of aryl methyl sites for hydroxylation is 2. The molecule has 3 heteroatoms. The first kappa shape index (κ1) is 12.7. The molecule has 0 fully saturated rings. The lowest BCUT2D eigenvalue weighted by Gasteiger charge is -2.19. The monoisotopic (exact) mass is 246 g/mol. The van der Waals surface area contributed by atoms with E-state index in [1.807, 2.05) is 16.8 Å². The third-order valence-electron chi connectivity index (χ3n) is 3.10. The lowest BCUT2D eigenvalue weighted by atomic mass is 10.1. The van der Waals surface area contributed by atoms with Crippen LogP contribution in [0.5, 0.6) is 0 Å². The molecule has 2 rings (SSSR count). The van der Waals surface area contributed by atoms with E-state index in [1.165, 1.54) is 6.07 Å². The summed E-state index contributed by atoms with van der Waals surface area (Å²) >= 11 is 0. The van der Waals surface area contributed by atoms with E-state index in [0.717, 1.165) is 17.0 Å². The van der Waals surface area contributed by atoms with Gasteiger partial charge in [-0.1, -0.05) is 18.2 Å². The van der Waals surface area contributed by atoms with Crippen LogP contribution in [0.3, 0.4) is 0 Å². The Morgan fingerprint density at radius 1 is 1.11 bits per heavy atom. The van der Waals surface area contributed by atoms with Crippen LogP contribution in [0, 0.1) is 19.7 Å². The third kappa shape index (κ3) is 2.73. The second-order valence-corrected chi connectivity index (χ2v) is 4.78. The minimum Gasteiger partial charge on any atom is -0.323 e. The van der Waals surface area contributed by atoms with Crippen molar-refractivity contribution in [3.05, 3.63) is 59.2 Å². The van der Waals surface area contributed by atoms with Crippen molar-refractivity contribution < 1.29 is 4.39 Å². The van der Waals surface area contributed by atoms with Crippen molar-refractivity contribution in [2.24, 2.45) is 0 Å². The fourth-order valence-electron chi connectivity index (χ4n) is 2.13. The standard InChI is InChI=1S/C15H19FN2/c1-11(10-14-6-4-5-7-15(14)16)17-18-12(2)8-9-13(18)3/h4-9,11,17H,10H2,1-3H3. The molecule has 1 aromatic carbocycles. The Balaban J connectivity index is 2.06. The molecule has 0 saturated heterocycles. The number of nitrogens with zero attached hydrogens (tertiary/aromatic N) is 1. The van der Waals surface area contributed by atoms with Gasteiger partial charge in [-0.15, -0.1) is 0 Å². The molecule has 0 spiro atoms. The fraction of sp³-hybridized carbons (Fsp3) is 0.333. The van der Waals surface area contributed by atoms with Crippen LogP contribution in [-0.4, -0.2) is 10.7 Å². The van der Waals surface area contributed by atoms with E-state index in [4.69, 9.17) is 0 Å². The number of hydrogen-bond donors (Lipinski definition) is 1. The lowest BCUT2D eigenvalue weighted by Crippen LogP contribution is -2.28. The summed E-state index contributed by atoms with van der Waals surface area (Å²) in [5.41, 5.74) is 6.45. The predicted octanol–water partition coefficient (Wildman–Crippen LogP) is 3.42. The van der Waals surface area contributed by atoms with Crippen LogP contribution in [0.4, 0.5) is 4.39 Å². The quantitative estimate of drug-likeness (QED) is 0.874. The van der Waals surface area contributed by atoms with Crippen LogP contribution in [0.25, 0.3) is 0 Å². The van der Waals surface area contributed by atoms with E-state index < -0.39 is 0 Å². The summed E-state index contributed by atoms with van der Waals surface area (Å²) in [6.45, 7) is 6.16. The zero-order chi connectivity index (χ0) is 13.1. The summed E-state index contributed by atoms with van der Waals surface area (Å²) < 4.78 is 15.6. The van der Waals surface area contributed by atoms with Crippen molar-refractivity contribution in [3.8, 4) is 0 Å². The highest BCUT2D eigenvalue weighted by molar-refractivity contribution is 5.20. The first-order chi connectivity index (χ1) is 8.58. The Bertz CT molecular complexity index is 512. The molecule has 0 radical (unpaired) electrons. The molecule has 0 aliphatic carbocycles. The van der Waals surface area contributed by atoms with Gasteiger partial charge in [-0.05, 0) is 51.0 Å². The molecule has 1 aromatic heterocycles. The number of aromatic nitrogens is 1. The largest absolute Gasteiger partial charge is 0.323 e. The minimum absolute atomic E-state index is 0.132. The predicted molar refractivity (Wildman–Crippen MR) is 72.8 cm³/mol. The zero-order valence-corrected chi connectivity index (χ0v) is 11.1. The Labute approximate surface area is 107 Å². The van der Waals surface area contributed by atoms with Gasteiger partial charge in [0.1, 0.15) is 5.82 Å². The Morgan fingerprint density at radius 2 is 1.72 bits per heavy atom. The Hall–Kier alpha value is -1.77. The van der Waals surface area contributed by atoms with Gasteiger partial charge in [0.15, 0.2) is 0 Å². The Kier molecular flexibility index (Phi) is 3.70. The van der Waals surface area contributed by atoms with E-state index >= 15 is 0 Å². The van der Waals surface area contributed by atoms with E-state index in [-0.39, 0.29) is 11.9 Å². The second-order valence-electron chi connectivity index (χ2n) is 4.78. The van der Waals surface area contributed by atoms with E-state index in [1.54, 1.807) is 6.07 Å². The minimum atomic E-state index is -0.132. The first-order valence-corrected chi connectivity index (χ1v) is 6.23. The summed E-state index contributed by atoms with van der Waals surface area (Å²) in [4.78, 5) is 0. The van der Waals surface area contributed by atoms with Gasteiger partial charge in [0, 0.05) is 17.4 Å². The highest BCUT2D eigenvalue weighted by Crippen LogP contribution is 2.11. The zero-order valence-electron chi connectivity index (χ0n) is 11.1. The smallest absolute Gasteiger partial charge is 0.126 e. The summed E-state index contributed by atoms with van der Waals surface area (Å²) in [6, 6.07) is 11.2. The molecule has 0 aliphatic rings. The summed E-state index contributed by atoms with van der Waals surface area (Å²) in [5.74, 6) is -0.132. The molecule has 0 saturated carbocycles. The van der Waals surface area contributed by atoms with Crippen molar-refractivity contribution in [1.29, 1.82) is 0 Å². The average Bonchev–Trinajstić information content (AvgIpc) is 2.64. The van der Waals surface area contributed by atoms with Crippen LogP contribution in [0.1, 0.15) is 23.9 Å². The molecule has 0 amide bonds. The Morgan fingerprint density at radius 3 is 2.33 bits per heavy atom. The number of halogens is 1. The summed E-state index contributed by atoms with van der Waals surface area (Å²) in [7, 11) is 0. The molecule has 0 aliphatic heterocycles. The van der Waals surface area contributed by atoms with Crippen LogP contribution >= 0.6 is 0 Å². The van der Waals surface area contributed by atoms with Gasteiger partial charge in [0.25, 0.3) is 0 Å². The summed E-state index contributed by atoms with van der Waals surface area (Å²) in [5, 5.41) is 0. The van der Waals surface area contributed by atoms with Crippen molar-refractivity contribution in [2.45, 2.75) is 33.2 Å². The SMILES string of the molecule is Cc1ccc(C)n1NC(C)Cc1ccccc1F. The van der Waals surface area contributed by atoms with Gasteiger partial charge in [-0.2, -0.15) is 0 Å². The molecule has 1 unspecified atom stereocenters. The van der Waals surface area contributed by atoms with Crippen molar-refractivity contribution >= 4 is 0 Å². The molecule has 2 nitrogen and oxygen atoms in total. The van der Waals surface area contributed by atoms with Crippen molar-refractivity contribution in [1.82, 2.24) is 4.68 Å². The van der Waals surface area contributed by atoms with Gasteiger partial charge in [0.05, 0.1) is 0 Å². The van der Waals surface area contributed by atoms with E-state index in [0.29, 0.717) is 6.42 Å². The average molecular weight is 246 g/mol. The number of benzene rings is 1. The van der Waals surface area contributed by atoms with Gasteiger partial charge >= 0.3 is 0 Å². The molecule has 2 aromatic rings. The lowest BCUT2D eigenvalue weighted by molar-refractivity contribution is 0.589. The topological polar surface area (TPSA) is 17.0 Å². The number of nitrogens with one attached hydrogen (secondary N) is 1. The molecule has 18 heavy (non-hydrogen) atoms. The molecule has 0 bridgehead atoms. The fourth-order valence-corrected chi connectivity index (χ4v) is 2.13. The molecule has 1 heterocycles. The highest BCUT2D eigenvalue weighted by Gasteiger charge is 2.09. The van der Waals surface area contributed by atoms with Crippen molar-refractivity contribution in [2.75, 3.05) is 5.43 Å². The maximum atomic E-state index is 13.6. The van der Waals surface area contributed by atoms with E-state index in [9.17, 15) is 4.39 Å². The molecule has 96 valence electrons. The van der Waals surface area contributed by atoms with Crippen molar-refractivity contribution in [3.63, 3.8) is 0 Å². The maximum Gasteiger partial charge on any atom is 0.126 e. The van der Waals surface area contributed by atoms with Gasteiger partial charge in [0.2, 0.25) is 0 Å². The highest BCUT2D eigenvalue weighted by atomic mass is 19.1. The third-order valence-corrected chi connectivity index (χ3v) is 3.10. The van der Waals surface area contributed by atoms with E-state index in [2.05, 4.69) is 38.3 Å². The molecule has 1 N–H and O–H groups in total. The molecular weight excluding hydrogens is 227 g/mol. The van der Waals surface area contributed by atoms with Crippen LogP contribution < -0.4 is 5.43 Å². The first-order valence-electron chi connectivity index (χ1n) is 6.23. The van der Waals surface area contributed by atoms with Gasteiger partial charge < -0.3 is 5.43 Å².